The lowest BCUT2D eigenvalue weighted by molar-refractivity contribution is 0.0731. The molecule has 1 N–H and O–H groups in total. The molecule has 0 aliphatic carbocycles. The molecule has 1 aliphatic rings. The normalized spacial score (nSPS) is 14.8. The number of sulfonamides is 1. The van der Waals surface area contributed by atoms with E-state index < -0.39 is 10.0 Å². The van der Waals surface area contributed by atoms with Crippen LogP contribution < -0.4 is 10.1 Å². The highest BCUT2D eigenvalue weighted by atomic mass is 32.2. The predicted molar refractivity (Wildman–Crippen MR) is 118 cm³/mol. The van der Waals surface area contributed by atoms with Crippen molar-refractivity contribution >= 4 is 27.3 Å². The summed E-state index contributed by atoms with van der Waals surface area (Å²) >= 11 is 1.16. The third kappa shape index (κ3) is 5.13. The number of hydrogen-bond donors (Lipinski definition) is 1. The Morgan fingerprint density at radius 3 is 2.48 bits per heavy atom. The first kappa shape index (κ1) is 21.5. The van der Waals surface area contributed by atoms with Gasteiger partial charge < -0.3 is 14.8 Å². The highest BCUT2D eigenvalue weighted by Crippen LogP contribution is 2.27. The molecule has 162 valence electrons. The minimum absolute atomic E-state index is 0.224. The monoisotopic (exact) mass is 458 g/mol. The van der Waals surface area contributed by atoms with E-state index >= 15 is 0 Å². The van der Waals surface area contributed by atoms with Crippen LogP contribution in [0.3, 0.4) is 0 Å². The van der Waals surface area contributed by atoms with E-state index in [1.54, 1.807) is 36.4 Å². The van der Waals surface area contributed by atoms with Crippen LogP contribution in [-0.2, 0) is 21.3 Å². The van der Waals surface area contributed by atoms with E-state index in [-0.39, 0.29) is 16.7 Å². The van der Waals surface area contributed by atoms with E-state index in [0.29, 0.717) is 43.4 Å². The fourth-order valence-electron chi connectivity index (χ4n) is 3.13. The van der Waals surface area contributed by atoms with Gasteiger partial charge in [0.1, 0.15) is 15.7 Å². The van der Waals surface area contributed by atoms with Crippen molar-refractivity contribution in [3.63, 3.8) is 0 Å². The highest BCUT2D eigenvalue weighted by molar-refractivity contribution is 7.91. The molecule has 7 nitrogen and oxygen atoms in total. The van der Waals surface area contributed by atoms with Crippen molar-refractivity contribution in [2.75, 3.05) is 26.3 Å². The molecule has 1 aromatic heterocycles. The molecule has 2 aromatic carbocycles. The average molecular weight is 459 g/mol. The zero-order chi connectivity index (χ0) is 21.7. The van der Waals surface area contributed by atoms with Crippen molar-refractivity contribution in [1.29, 1.82) is 0 Å². The van der Waals surface area contributed by atoms with Crippen LogP contribution >= 0.6 is 11.3 Å². The van der Waals surface area contributed by atoms with E-state index in [9.17, 15) is 13.2 Å². The SMILES string of the molecule is O=C(NCc1ccc(S(=O)(=O)N2CCOCC2)s1)c1ccccc1Oc1ccccc1. The van der Waals surface area contributed by atoms with Crippen molar-refractivity contribution in [3.8, 4) is 11.5 Å². The number of hydrogen-bond acceptors (Lipinski definition) is 6. The summed E-state index contributed by atoms with van der Waals surface area (Å²) in [5.74, 6) is 0.796. The van der Waals surface area contributed by atoms with Gasteiger partial charge in [-0.25, -0.2) is 8.42 Å². The summed E-state index contributed by atoms with van der Waals surface area (Å²) in [7, 11) is -3.53. The van der Waals surface area contributed by atoms with Crippen LogP contribution in [0.15, 0.2) is 70.9 Å². The van der Waals surface area contributed by atoms with Crippen LogP contribution in [-0.4, -0.2) is 44.9 Å². The third-order valence-corrected chi connectivity index (χ3v) is 8.18. The van der Waals surface area contributed by atoms with Gasteiger partial charge in [0, 0.05) is 18.0 Å². The summed E-state index contributed by atoms with van der Waals surface area (Å²) < 4.78 is 38.3. The third-order valence-electron chi connectivity index (χ3n) is 4.73. The van der Waals surface area contributed by atoms with Crippen molar-refractivity contribution < 1.29 is 22.7 Å². The average Bonchev–Trinajstić information content (AvgIpc) is 3.29. The minimum Gasteiger partial charge on any atom is -0.457 e. The topological polar surface area (TPSA) is 84.9 Å². The van der Waals surface area contributed by atoms with Gasteiger partial charge in [-0.3, -0.25) is 4.79 Å². The Labute approximate surface area is 185 Å². The molecule has 31 heavy (non-hydrogen) atoms. The van der Waals surface area contributed by atoms with E-state index in [0.717, 1.165) is 16.2 Å². The van der Waals surface area contributed by atoms with Gasteiger partial charge in [0.25, 0.3) is 15.9 Å². The maximum Gasteiger partial charge on any atom is 0.255 e. The molecule has 1 fully saturated rings. The summed E-state index contributed by atoms with van der Waals surface area (Å²) in [5.41, 5.74) is 0.407. The van der Waals surface area contributed by atoms with Crippen molar-refractivity contribution in [3.05, 3.63) is 77.2 Å². The minimum atomic E-state index is -3.53. The second-order valence-electron chi connectivity index (χ2n) is 6.83. The number of ether oxygens (including phenoxy) is 2. The maximum absolute atomic E-state index is 12.8. The van der Waals surface area contributed by atoms with Gasteiger partial charge in [-0.15, -0.1) is 11.3 Å². The van der Waals surface area contributed by atoms with Crippen molar-refractivity contribution in [2.45, 2.75) is 10.8 Å². The molecule has 4 rings (SSSR count). The van der Waals surface area contributed by atoms with Crippen molar-refractivity contribution in [1.82, 2.24) is 9.62 Å². The second-order valence-corrected chi connectivity index (χ2v) is 10.2. The molecule has 0 saturated carbocycles. The molecule has 0 bridgehead atoms. The summed E-state index contributed by atoms with van der Waals surface area (Å²) in [6.45, 7) is 1.73. The smallest absolute Gasteiger partial charge is 0.255 e. The van der Waals surface area contributed by atoms with Crippen LogP contribution in [0.4, 0.5) is 0 Å². The quantitative estimate of drug-likeness (QED) is 0.586. The van der Waals surface area contributed by atoms with Crippen LogP contribution in [0.5, 0.6) is 11.5 Å². The Hall–Kier alpha value is -2.72. The Bertz CT molecular complexity index is 1140. The summed E-state index contributed by atoms with van der Waals surface area (Å²) in [6.07, 6.45) is 0. The number of nitrogens with one attached hydrogen (secondary N) is 1. The largest absolute Gasteiger partial charge is 0.457 e. The number of carbonyl (C=O) groups excluding carboxylic acids is 1. The highest BCUT2D eigenvalue weighted by Gasteiger charge is 2.27. The molecular weight excluding hydrogens is 436 g/mol. The molecule has 0 radical (unpaired) electrons. The van der Waals surface area contributed by atoms with Gasteiger partial charge in [-0.1, -0.05) is 30.3 Å². The van der Waals surface area contributed by atoms with Gasteiger partial charge in [0.2, 0.25) is 0 Å². The number of thiophene rings is 1. The summed E-state index contributed by atoms with van der Waals surface area (Å²) in [4.78, 5) is 13.5. The molecule has 1 saturated heterocycles. The lowest BCUT2D eigenvalue weighted by atomic mass is 10.2. The molecule has 2 heterocycles. The van der Waals surface area contributed by atoms with Gasteiger partial charge in [-0.05, 0) is 36.4 Å². The lowest BCUT2D eigenvalue weighted by Gasteiger charge is -2.25. The Morgan fingerprint density at radius 2 is 1.71 bits per heavy atom. The molecule has 1 amide bonds. The van der Waals surface area contributed by atoms with Gasteiger partial charge in [0.15, 0.2) is 0 Å². The lowest BCUT2D eigenvalue weighted by Crippen LogP contribution is -2.40. The molecule has 3 aromatic rings. The second kappa shape index (κ2) is 9.61. The van der Waals surface area contributed by atoms with E-state index in [1.165, 1.54) is 4.31 Å². The summed E-state index contributed by atoms with van der Waals surface area (Å²) in [6, 6.07) is 19.6. The molecule has 0 atom stereocenters. The Kier molecular flexibility index (Phi) is 6.67. The van der Waals surface area contributed by atoms with E-state index in [4.69, 9.17) is 9.47 Å². The van der Waals surface area contributed by atoms with Gasteiger partial charge >= 0.3 is 0 Å². The van der Waals surface area contributed by atoms with Crippen LogP contribution in [0.1, 0.15) is 15.2 Å². The predicted octanol–water partition coefficient (Wildman–Crippen LogP) is 3.49. The molecule has 1 aliphatic heterocycles. The number of benzene rings is 2. The fourth-order valence-corrected chi connectivity index (χ4v) is 5.99. The number of rotatable bonds is 7. The fraction of sp³-hybridized carbons (Fsp3) is 0.227. The number of amides is 1. The van der Waals surface area contributed by atoms with Crippen molar-refractivity contribution in [2.24, 2.45) is 0 Å². The first-order valence-electron chi connectivity index (χ1n) is 9.81. The number of morpholine rings is 1. The van der Waals surface area contributed by atoms with Crippen LogP contribution in [0.2, 0.25) is 0 Å². The van der Waals surface area contributed by atoms with Gasteiger partial charge in [0.05, 0.1) is 25.3 Å². The summed E-state index contributed by atoms with van der Waals surface area (Å²) in [5, 5.41) is 2.85. The van der Waals surface area contributed by atoms with Crippen LogP contribution in [0.25, 0.3) is 0 Å². The Balaban J connectivity index is 1.42. The Morgan fingerprint density at radius 1 is 1.00 bits per heavy atom. The van der Waals surface area contributed by atoms with Crippen LogP contribution in [0, 0.1) is 0 Å². The number of nitrogens with zero attached hydrogens (tertiary/aromatic N) is 1. The molecule has 0 unspecified atom stereocenters. The molecule has 0 spiro atoms. The first-order chi connectivity index (χ1) is 15.0. The van der Waals surface area contributed by atoms with E-state index in [2.05, 4.69) is 5.32 Å². The van der Waals surface area contributed by atoms with Gasteiger partial charge in [-0.2, -0.15) is 4.31 Å². The molecule has 9 heteroatoms. The zero-order valence-corrected chi connectivity index (χ0v) is 18.3. The molecular formula is C22H22N2O5S2. The van der Waals surface area contributed by atoms with E-state index in [1.807, 2.05) is 30.3 Å². The standard InChI is InChI=1S/C22H22N2O5S2/c25-22(19-8-4-5-9-20(19)29-17-6-2-1-3-7-17)23-16-18-10-11-21(30-18)31(26,27)24-12-14-28-15-13-24/h1-11H,12-16H2,(H,23,25). The number of carbonyl (C=O) groups is 1. The number of para-hydroxylation sites is 2. The first-order valence-corrected chi connectivity index (χ1v) is 12.1. The zero-order valence-electron chi connectivity index (χ0n) is 16.7. The maximum atomic E-state index is 12.8.